The van der Waals surface area contributed by atoms with Crippen molar-refractivity contribution in [2.24, 2.45) is 0 Å². The first-order chi connectivity index (χ1) is 11.6. The molecule has 0 spiro atoms. The summed E-state index contributed by atoms with van der Waals surface area (Å²) >= 11 is 0. The summed E-state index contributed by atoms with van der Waals surface area (Å²) < 4.78 is 61.3. The maximum atomic E-state index is 10.7. The number of aryl methyl sites for hydroxylation is 2. The standard InChI is InChI=1S/C16H28N.CHF3O3S/c1-3-5-7-8-10-14-17-15-11-9-13-16(17)12-6-4-2;2-1(3,4)8(5,6)7/h9,11,13,15H,3-8,10,12,14H2,1-2H3;(H,5,6,7)/q+1;/p-1. The van der Waals surface area contributed by atoms with Crippen molar-refractivity contribution in [1.29, 1.82) is 0 Å². The predicted molar refractivity (Wildman–Crippen MR) is 89.8 cm³/mol. The van der Waals surface area contributed by atoms with Gasteiger partial charge in [0.15, 0.2) is 22.0 Å². The van der Waals surface area contributed by atoms with Gasteiger partial charge >= 0.3 is 5.51 Å². The quantitative estimate of drug-likeness (QED) is 0.276. The van der Waals surface area contributed by atoms with E-state index in [-0.39, 0.29) is 0 Å². The van der Waals surface area contributed by atoms with Crippen LogP contribution in [-0.2, 0) is 23.1 Å². The second kappa shape index (κ2) is 12.2. The van der Waals surface area contributed by atoms with E-state index in [0.717, 1.165) is 0 Å². The summed E-state index contributed by atoms with van der Waals surface area (Å²) in [7, 11) is -6.09. The molecule has 146 valence electrons. The van der Waals surface area contributed by atoms with E-state index in [2.05, 4.69) is 42.8 Å². The molecule has 0 aromatic carbocycles. The summed E-state index contributed by atoms with van der Waals surface area (Å²) in [6.07, 6.45) is 12.9. The molecule has 0 aliphatic rings. The molecule has 1 rings (SSSR count). The summed E-state index contributed by atoms with van der Waals surface area (Å²) in [6.45, 7) is 5.73. The molecule has 0 atom stereocenters. The SMILES string of the molecule is CCCCCCC[n+]1ccccc1CCCC.O=S(=O)([O-])C(F)(F)F. The average molecular weight is 383 g/mol. The normalized spacial score (nSPS) is 11.8. The lowest BCUT2D eigenvalue weighted by molar-refractivity contribution is -0.704. The second-order valence-corrected chi connectivity index (χ2v) is 7.17. The van der Waals surface area contributed by atoms with E-state index in [1.807, 2.05) is 0 Å². The maximum Gasteiger partial charge on any atom is 0.485 e. The number of hydrogen-bond acceptors (Lipinski definition) is 3. The minimum atomic E-state index is -6.09. The van der Waals surface area contributed by atoms with Crippen LogP contribution in [0, 0.1) is 0 Å². The van der Waals surface area contributed by atoms with Gasteiger partial charge in [0, 0.05) is 25.0 Å². The highest BCUT2D eigenvalue weighted by Gasteiger charge is 2.36. The molecule has 0 saturated carbocycles. The first kappa shape index (κ1) is 23.9. The topological polar surface area (TPSA) is 61.1 Å². The molecule has 0 saturated heterocycles. The van der Waals surface area contributed by atoms with Gasteiger partial charge in [-0.15, -0.1) is 0 Å². The van der Waals surface area contributed by atoms with Crippen LogP contribution in [0.25, 0.3) is 0 Å². The van der Waals surface area contributed by atoms with Crippen molar-refractivity contribution in [3.63, 3.8) is 0 Å². The Bertz CT molecular complexity index is 575. The van der Waals surface area contributed by atoms with Crippen LogP contribution >= 0.6 is 0 Å². The van der Waals surface area contributed by atoms with E-state index < -0.39 is 15.6 Å². The molecule has 1 heterocycles. The Hall–Kier alpha value is -1.15. The number of halogens is 3. The van der Waals surface area contributed by atoms with Crippen molar-refractivity contribution in [3.05, 3.63) is 30.1 Å². The summed E-state index contributed by atoms with van der Waals surface area (Å²) in [4.78, 5) is 0. The number of alkyl halides is 3. The van der Waals surface area contributed by atoms with Crippen molar-refractivity contribution < 1.29 is 30.7 Å². The molecule has 4 nitrogen and oxygen atoms in total. The van der Waals surface area contributed by atoms with E-state index >= 15 is 0 Å². The molecular formula is C17H28F3NO3S. The largest absolute Gasteiger partial charge is 0.741 e. The Kier molecular flexibility index (Phi) is 11.7. The van der Waals surface area contributed by atoms with Crippen LogP contribution in [0.4, 0.5) is 13.2 Å². The molecular weight excluding hydrogens is 355 g/mol. The Morgan fingerprint density at radius 3 is 2.08 bits per heavy atom. The van der Waals surface area contributed by atoms with E-state index in [1.165, 1.54) is 63.6 Å². The number of unbranched alkanes of at least 4 members (excludes halogenated alkanes) is 5. The second-order valence-electron chi connectivity index (χ2n) is 5.80. The summed E-state index contributed by atoms with van der Waals surface area (Å²) in [5.74, 6) is 0. The fourth-order valence-electron chi connectivity index (χ4n) is 2.20. The van der Waals surface area contributed by atoms with Crippen LogP contribution in [0.15, 0.2) is 24.4 Å². The van der Waals surface area contributed by atoms with Gasteiger partial charge in [-0.05, 0) is 12.8 Å². The van der Waals surface area contributed by atoms with Crippen LogP contribution in [0.2, 0.25) is 0 Å². The average Bonchev–Trinajstić information content (AvgIpc) is 2.52. The van der Waals surface area contributed by atoms with Crippen molar-refractivity contribution >= 4 is 10.1 Å². The molecule has 0 radical (unpaired) electrons. The smallest absolute Gasteiger partial charge is 0.485 e. The third-order valence-electron chi connectivity index (χ3n) is 3.61. The van der Waals surface area contributed by atoms with Crippen LogP contribution in [0.5, 0.6) is 0 Å². The van der Waals surface area contributed by atoms with E-state index in [0.29, 0.717) is 0 Å². The number of hydrogen-bond donors (Lipinski definition) is 0. The van der Waals surface area contributed by atoms with E-state index in [1.54, 1.807) is 0 Å². The van der Waals surface area contributed by atoms with Crippen LogP contribution in [0.3, 0.4) is 0 Å². The zero-order chi connectivity index (χ0) is 19.3. The van der Waals surface area contributed by atoms with Crippen molar-refractivity contribution in [1.82, 2.24) is 0 Å². The van der Waals surface area contributed by atoms with Gasteiger partial charge in [-0.25, -0.2) is 13.0 Å². The number of pyridine rings is 1. The Morgan fingerprint density at radius 2 is 1.56 bits per heavy atom. The Morgan fingerprint density at radius 1 is 1.00 bits per heavy atom. The lowest BCUT2D eigenvalue weighted by Gasteiger charge is -2.08. The number of aromatic nitrogens is 1. The molecule has 0 N–H and O–H groups in total. The number of nitrogens with zero attached hydrogens (tertiary/aromatic N) is 1. The molecule has 1 aromatic heterocycles. The molecule has 0 amide bonds. The molecule has 0 aliphatic heterocycles. The van der Waals surface area contributed by atoms with Gasteiger partial charge in [-0.2, -0.15) is 13.2 Å². The van der Waals surface area contributed by atoms with Crippen molar-refractivity contribution in [2.75, 3.05) is 0 Å². The van der Waals surface area contributed by atoms with Gasteiger partial charge in [-0.3, -0.25) is 0 Å². The minimum absolute atomic E-state index is 1.20. The Balaban J connectivity index is 0.000000609. The predicted octanol–water partition coefficient (Wildman–Crippen LogP) is 4.34. The van der Waals surface area contributed by atoms with Gasteiger partial charge in [0.05, 0.1) is 0 Å². The molecule has 0 aliphatic carbocycles. The Labute approximate surface area is 148 Å². The highest BCUT2D eigenvalue weighted by atomic mass is 32.2. The monoisotopic (exact) mass is 383 g/mol. The summed E-state index contributed by atoms with van der Waals surface area (Å²) in [5.41, 5.74) is -4.14. The molecule has 8 heteroatoms. The minimum Gasteiger partial charge on any atom is -0.741 e. The lowest BCUT2D eigenvalue weighted by Crippen LogP contribution is -2.37. The van der Waals surface area contributed by atoms with E-state index in [4.69, 9.17) is 13.0 Å². The van der Waals surface area contributed by atoms with Crippen LogP contribution in [0.1, 0.15) is 64.5 Å². The molecule has 25 heavy (non-hydrogen) atoms. The van der Waals surface area contributed by atoms with Crippen molar-refractivity contribution in [3.8, 4) is 0 Å². The highest BCUT2D eigenvalue weighted by Crippen LogP contribution is 2.20. The van der Waals surface area contributed by atoms with Gasteiger partial charge in [0.2, 0.25) is 0 Å². The fraction of sp³-hybridized carbons (Fsp3) is 0.706. The third-order valence-corrected chi connectivity index (χ3v) is 4.17. The first-order valence-corrected chi connectivity index (χ1v) is 10.0. The molecule has 0 unspecified atom stereocenters. The van der Waals surface area contributed by atoms with Crippen LogP contribution < -0.4 is 4.57 Å². The van der Waals surface area contributed by atoms with Crippen LogP contribution in [-0.4, -0.2) is 18.5 Å². The zero-order valence-electron chi connectivity index (χ0n) is 14.9. The van der Waals surface area contributed by atoms with Gasteiger partial charge in [-0.1, -0.05) is 45.6 Å². The summed E-state index contributed by atoms with van der Waals surface area (Å²) in [6, 6.07) is 6.60. The van der Waals surface area contributed by atoms with E-state index in [9.17, 15) is 13.2 Å². The highest BCUT2D eigenvalue weighted by molar-refractivity contribution is 7.86. The number of rotatable bonds is 9. The van der Waals surface area contributed by atoms with Gasteiger partial charge in [0.1, 0.15) is 6.54 Å². The van der Waals surface area contributed by atoms with Gasteiger partial charge in [0.25, 0.3) is 0 Å². The van der Waals surface area contributed by atoms with Gasteiger partial charge < -0.3 is 4.55 Å². The first-order valence-electron chi connectivity index (χ1n) is 8.63. The third kappa shape index (κ3) is 11.1. The summed E-state index contributed by atoms with van der Waals surface area (Å²) in [5, 5.41) is 0. The maximum absolute atomic E-state index is 10.7. The molecule has 0 bridgehead atoms. The lowest BCUT2D eigenvalue weighted by atomic mass is 10.1. The fourth-order valence-corrected chi connectivity index (χ4v) is 2.20. The zero-order valence-corrected chi connectivity index (χ0v) is 15.7. The molecule has 0 fully saturated rings. The molecule has 1 aromatic rings. The van der Waals surface area contributed by atoms with Crippen molar-refractivity contribution in [2.45, 2.75) is 77.3 Å².